The number of aryl methyl sites for hydroxylation is 2. The molecule has 162 valence electrons. The second-order valence-corrected chi connectivity index (χ2v) is 8.25. The third kappa shape index (κ3) is 5.69. The Hall–Kier alpha value is -2.67. The van der Waals surface area contributed by atoms with Gasteiger partial charge in [0.15, 0.2) is 11.5 Å². The van der Waals surface area contributed by atoms with Crippen LogP contribution in [0.5, 0.6) is 0 Å². The number of nitrogens with zero attached hydrogens (tertiary/aromatic N) is 2. The lowest BCUT2D eigenvalue weighted by Gasteiger charge is -2.24. The average Bonchev–Trinajstić information content (AvgIpc) is 3.38. The Morgan fingerprint density at radius 2 is 2.07 bits per heavy atom. The minimum absolute atomic E-state index is 0.00695. The van der Waals surface area contributed by atoms with Crippen molar-refractivity contribution in [2.45, 2.75) is 59.1 Å². The van der Waals surface area contributed by atoms with E-state index < -0.39 is 0 Å². The zero-order valence-electron chi connectivity index (χ0n) is 18.2. The predicted octanol–water partition coefficient (Wildman–Crippen LogP) is 3.49. The molecule has 7 heteroatoms. The van der Waals surface area contributed by atoms with Crippen molar-refractivity contribution in [1.82, 2.24) is 15.4 Å². The molecule has 0 spiro atoms. The predicted molar refractivity (Wildman–Crippen MR) is 114 cm³/mol. The van der Waals surface area contributed by atoms with Gasteiger partial charge in [-0.3, -0.25) is 9.59 Å². The number of amides is 2. The van der Waals surface area contributed by atoms with Crippen LogP contribution in [0.2, 0.25) is 0 Å². The first-order chi connectivity index (χ1) is 14.3. The van der Waals surface area contributed by atoms with Crippen LogP contribution >= 0.6 is 0 Å². The van der Waals surface area contributed by atoms with Gasteiger partial charge in [-0.2, -0.15) is 0 Å². The van der Waals surface area contributed by atoms with E-state index in [0.29, 0.717) is 25.5 Å². The van der Waals surface area contributed by atoms with Crippen molar-refractivity contribution in [2.24, 2.45) is 0 Å². The van der Waals surface area contributed by atoms with Gasteiger partial charge in [0.1, 0.15) is 0 Å². The summed E-state index contributed by atoms with van der Waals surface area (Å²) in [6.07, 6.45) is 2.13. The number of carbonyl (C=O) groups excluding carboxylic acids is 2. The fraction of sp³-hybridized carbons (Fsp3) is 0.522. The lowest BCUT2D eigenvalue weighted by molar-refractivity contribution is -0.121. The summed E-state index contributed by atoms with van der Waals surface area (Å²) in [6, 6.07) is 7.82. The van der Waals surface area contributed by atoms with Gasteiger partial charge in [-0.15, -0.1) is 0 Å². The zero-order valence-corrected chi connectivity index (χ0v) is 18.2. The molecule has 2 aromatic rings. The van der Waals surface area contributed by atoms with Gasteiger partial charge < -0.3 is 19.5 Å². The molecule has 1 aliphatic heterocycles. The van der Waals surface area contributed by atoms with Crippen LogP contribution in [-0.4, -0.2) is 53.7 Å². The number of aromatic nitrogens is 1. The summed E-state index contributed by atoms with van der Waals surface area (Å²) in [5, 5.41) is 6.89. The Kier molecular flexibility index (Phi) is 7.26. The van der Waals surface area contributed by atoms with Crippen LogP contribution in [0.3, 0.4) is 0 Å². The molecular weight excluding hydrogens is 382 g/mol. The highest BCUT2D eigenvalue weighted by Gasteiger charge is 2.26. The van der Waals surface area contributed by atoms with Gasteiger partial charge in [-0.05, 0) is 52.2 Å². The molecule has 0 radical (unpaired) electrons. The molecule has 2 heterocycles. The van der Waals surface area contributed by atoms with Crippen LogP contribution in [0.4, 0.5) is 0 Å². The van der Waals surface area contributed by atoms with Crippen LogP contribution in [0.15, 0.2) is 28.8 Å². The number of ether oxygens (including phenoxy) is 1. The van der Waals surface area contributed by atoms with Crippen molar-refractivity contribution in [2.75, 3.05) is 19.7 Å². The van der Waals surface area contributed by atoms with Crippen molar-refractivity contribution >= 4 is 11.8 Å². The van der Waals surface area contributed by atoms with Crippen molar-refractivity contribution in [3.8, 4) is 11.3 Å². The first-order valence-electron chi connectivity index (χ1n) is 10.6. The van der Waals surface area contributed by atoms with E-state index in [1.165, 1.54) is 0 Å². The topological polar surface area (TPSA) is 84.7 Å². The largest absolute Gasteiger partial charge is 0.376 e. The number of benzene rings is 1. The molecule has 0 saturated carbocycles. The molecule has 30 heavy (non-hydrogen) atoms. The van der Waals surface area contributed by atoms with E-state index in [-0.39, 0.29) is 36.1 Å². The van der Waals surface area contributed by atoms with Gasteiger partial charge in [0.2, 0.25) is 5.91 Å². The molecule has 0 bridgehead atoms. The van der Waals surface area contributed by atoms with Crippen LogP contribution in [-0.2, 0) is 9.53 Å². The molecule has 1 aliphatic rings. The Balaban J connectivity index is 1.75. The normalized spacial score (nSPS) is 16.1. The first kappa shape index (κ1) is 22.0. The molecule has 1 aromatic heterocycles. The highest BCUT2D eigenvalue weighted by atomic mass is 16.5. The fourth-order valence-electron chi connectivity index (χ4n) is 3.61. The molecule has 7 nitrogen and oxygen atoms in total. The van der Waals surface area contributed by atoms with Crippen molar-refractivity contribution in [1.29, 1.82) is 0 Å². The van der Waals surface area contributed by atoms with Crippen LogP contribution < -0.4 is 5.32 Å². The number of carbonyl (C=O) groups is 2. The smallest absolute Gasteiger partial charge is 0.276 e. The minimum Gasteiger partial charge on any atom is -0.376 e. The quantitative estimate of drug-likeness (QED) is 0.716. The SMILES string of the molecule is Cc1ccc(C)c(-c2cc(C(=O)N(CCC(=O)NC(C)C)CC3CCCO3)no2)c1. The van der Waals surface area contributed by atoms with Gasteiger partial charge >= 0.3 is 0 Å². The van der Waals surface area contributed by atoms with E-state index in [0.717, 1.165) is 29.5 Å². The highest BCUT2D eigenvalue weighted by Crippen LogP contribution is 2.26. The van der Waals surface area contributed by atoms with E-state index in [9.17, 15) is 9.59 Å². The summed E-state index contributed by atoms with van der Waals surface area (Å²) in [5.74, 6) is 0.240. The standard InChI is InChI=1S/C23H31N3O4/c1-15(2)24-22(27)9-10-26(14-18-6-5-11-29-18)23(28)20-13-21(30-25-20)19-12-16(3)7-8-17(19)4/h7-8,12-13,15,18H,5-6,9-11,14H2,1-4H3,(H,24,27). The minimum atomic E-state index is -0.247. The van der Waals surface area contributed by atoms with Crippen LogP contribution in [0, 0.1) is 13.8 Å². The maximum absolute atomic E-state index is 13.2. The maximum Gasteiger partial charge on any atom is 0.276 e. The van der Waals surface area contributed by atoms with Crippen molar-refractivity contribution in [3.63, 3.8) is 0 Å². The maximum atomic E-state index is 13.2. The Morgan fingerprint density at radius 1 is 1.27 bits per heavy atom. The molecule has 1 atom stereocenters. The number of hydrogen-bond donors (Lipinski definition) is 1. The van der Waals surface area contributed by atoms with Gasteiger partial charge in [0.25, 0.3) is 5.91 Å². The van der Waals surface area contributed by atoms with Gasteiger partial charge in [-0.25, -0.2) is 0 Å². The van der Waals surface area contributed by atoms with Gasteiger partial charge in [0.05, 0.1) is 6.10 Å². The van der Waals surface area contributed by atoms with Crippen LogP contribution in [0.1, 0.15) is 54.7 Å². The summed E-state index contributed by atoms with van der Waals surface area (Å²) in [5.41, 5.74) is 3.32. The average molecular weight is 414 g/mol. The summed E-state index contributed by atoms with van der Waals surface area (Å²) in [6.45, 7) is 9.30. The van der Waals surface area contributed by atoms with E-state index in [1.807, 2.05) is 45.9 Å². The molecule has 3 rings (SSSR count). The van der Waals surface area contributed by atoms with Gasteiger partial charge in [-0.1, -0.05) is 22.9 Å². The Morgan fingerprint density at radius 3 is 2.77 bits per heavy atom. The zero-order chi connectivity index (χ0) is 21.7. The first-order valence-corrected chi connectivity index (χ1v) is 10.6. The number of nitrogens with one attached hydrogen (secondary N) is 1. The Labute approximate surface area is 177 Å². The monoisotopic (exact) mass is 413 g/mol. The lowest BCUT2D eigenvalue weighted by atomic mass is 10.0. The summed E-state index contributed by atoms with van der Waals surface area (Å²) in [7, 11) is 0. The summed E-state index contributed by atoms with van der Waals surface area (Å²) < 4.78 is 11.2. The molecule has 1 unspecified atom stereocenters. The second kappa shape index (κ2) is 9.89. The number of hydrogen-bond acceptors (Lipinski definition) is 5. The summed E-state index contributed by atoms with van der Waals surface area (Å²) >= 11 is 0. The fourth-order valence-corrected chi connectivity index (χ4v) is 3.61. The Bertz CT molecular complexity index is 884. The molecular formula is C23H31N3O4. The molecule has 1 saturated heterocycles. The molecule has 0 aliphatic carbocycles. The molecule has 1 fully saturated rings. The van der Waals surface area contributed by atoms with Crippen molar-refractivity contribution in [3.05, 3.63) is 41.1 Å². The van der Waals surface area contributed by atoms with Crippen LogP contribution in [0.25, 0.3) is 11.3 Å². The van der Waals surface area contributed by atoms with Crippen molar-refractivity contribution < 1.29 is 18.8 Å². The van der Waals surface area contributed by atoms with E-state index >= 15 is 0 Å². The highest BCUT2D eigenvalue weighted by molar-refractivity contribution is 5.93. The van der Waals surface area contributed by atoms with Gasteiger partial charge in [0, 0.05) is 43.8 Å². The third-order valence-corrected chi connectivity index (χ3v) is 5.18. The van der Waals surface area contributed by atoms with E-state index in [1.54, 1.807) is 11.0 Å². The van der Waals surface area contributed by atoms with E-state index in [2.05, 4.69) is 10.5 Å². The van der Waals surface area contributed by atoms with E-state index in [4.69, 9.17) is 9.26 Å². The second-order valence-electron chi connectivity index (χ2n) is 8.25. The third-order valence-electron chi connectivity index (χ3n) is 5.18. The molecule has 1 aromatic carbocycles. The number of rotatable bonds is 8. The molecule has 1 N–H and O–H groups in total. The lowest BCUT2D eigenvalue weighted by Crippen LogP contribution is -2.40. The summed E-state index contributed by atoms with van der Waals surface area (Å²) in [4.78, 5) is 26.9. The molecule has 2 amide bonds.